The maximum atomic E-state index is 12.5. The van der Waals surface area contributed by atoms with Gasteiger partial charge in [-0.1, -0.05) is 28.1 Å². The molecule has 1 aromatic heterocycles. The van der Waals surface area contributed by atoms with Crippen molar-refractivity contribution in [1.82, 2.24) is 4.98 Å². The second-order valence-electron chi connectivity index (χ2n) is 5.26. The van der Waals surface area contributed by atoms with E-state index < -0.39 is 0 Å². The highest BCUT2D eigenvalue weighted by molar-refractivity contribution is 9.11. The van der Waals surface area contributed by atoms with Crippen LogP contribution in [0, 0.1) is 0 Å². The predicted octanol–water partition coefficient (Wildman–Crippen LogP) is 5.44. The van der Waals surface area contributed by atoms with Crippen LogP contribution in [0.5, 0.6) is 5.75 Å². The quantitative estimate of drug-likeness (QED) is 0.550. The van der Waals surface area contributed by atoms with Gasteiger partial charge >= 0.3 is 0 Å². The molecule has 1 amide bonds. The van der Waals surface area contributed by atoms with E-state index in [1.807, 2.05) is 36.4 Å². The number of hydrogen-bond donors (Lipinski definition) is 1. The molecule has 3 rings (SSSR count). The molecule has 1 heterocycles. The van der Waals surface area contributed by atoms with Gasteiger partial charge in [0.2, 0.25) is 0 Å². The lowest BCUT2D eigenvalue weighted by Gasteiger charge is -2.10. The van der Waals surface area contributed by atoms with Crippen LogP contribution < -0.4 is 10.1 Å². The van der Waals surface area contributed by atoms with Crippen LogP contribution in [0.3, 0.4) is 0 Å². The molecular formula is C19H14Br2N2O2. The Hall–Kier alpha value is -2.18. The number of nitrogens with one attached hydrogen (secondary N) is 1. The van der Waals surface area contributed by atoms with Crippen LogP contribution >= 0.6 is 31.9 Å². The summed E-state index contributed by atoms with van der Waals surface area (Å²) in [7, 11) is 0. The number of ether oxygens (including phenoxy) is 1. The smallest absolute Gasteiger partial charge is 0.255 e. The summed E-state index contributed by atoms with van der Waals surface area (Å²) in [4.78, 5) is 16.5. The highest BCUT2D eigenvalue weighted by atomic mass is 79.9. The second kappa shape index (κ2) is 8.27. The SMILES string of the molecule is O=C(Nc1ccc(Br)cc1Br)c1cccc(OCc2cccnc2)c1. The monoisotopic (exact) mass is 460 g/mol. The van der Waals surface area contributed by atoms with Crippen molar-refractivity contribution in [2.24, 2.45) is 0 Å². The van der Waals surface area contributed by atoms with Gasteiger partial charge < -0.3 is 10.1 Å². The van der Waals surface area contributed by atoms with Crippen molar-refractivity contribution in [2.45, 2.75) is 6.61 Å². The van der Waals surface area contributed by atoms with E-state index in [1.54, 1.807) is 30.6 Å². The molecule has 0 radical (unpaired) electrons. The predicted molar refractivity (Wildman–Crippen MR) is 105 cm³/mol. The number of amides is 1. The Labute approximate surface area is 162 Å². The Kier molecular flexibility index (Phi) is 5.83. The zero-order chi connectivity index (χ0) is 17.6. The van der Waals surface area contributed by atoms with Crippen LogP contribution in [-0.4, -0.2) is 10.9 Å². The Morgan fingerprint density at radius 2 is 1.96 bits per heavy atom. The number of pyridine rings is 1. The van der Waals surface area contributed by atoms with E-state index >= 15 is 0 Å². The van der Waals surface area contributed by atoms with Crippen LogP contribution in [0.4, 0.5) is 5.69 Å². The Morgan fingerprint density at radius 3 is 2.72 bits per heavy atom. The normalized spacial score (nSPS) is 10.3. The summed E-state index contributed by atoms with van der Waals surface area (Å²) in [6.45, 7) is 0.400. The second-order valence-corrected chi connectivity index (χ2v) is 7.03. The van der Waals surface area contributed by atoms with Gasteiger partial charge in [-0.15, -0.1) is 0 Å². The third-order valence-corrected chi connectivity index (χ3v) is 4.55. The lowest BCUT2D eigenvalue weighted by molar-refractivity contribution is 0.102. The third kappa shape index (κ3) is 4.90. The molecule has 0 atom stereocenters. The molecule has 4 nitrogen and oxygen atoms in total. The van der Waals surface area contributed by atoms with Gasteiger partial charge in [-0.2, -0.15) is 0 Å². The topological polar surface area (TPSA) is 51.2 Å². The van der Waals surface area contributed by atoms with Crippen molar-refractivity contribution in [3.05, 3.63) is 87.1 Å². The molecule has 0 aliphatic heterocycles. The molecule has 0 unspecified atom stereocenters. The van der Waals surface area contributed by atoms with Crippen LogP contribution in [0.25, 0.3) is 0 Å². The molecule has 126 valence electrons. The van der Waals surface area contributed by atoms with Gasteiger partial charge in [-0.25, -0.2) is 0 Å². The van der Waals surface area contributed by atoms with Crippen molar-refractivity contribution in [1.29, 1.82) is 0 Å². The number of hydrogen-bond acceptors (Lipinski definition) is 3. The maximum Gasteiger partial charge on any atom is 0.255 e. The summed E-state index contributed by atoms with van der Waals surface area (Å²) in [5.41, 5.74) is 2.20. The number of nitrogens with zero attached hydrogens (tertiary/aromatic N) is 1. The lowest BCUT2D eigenvalue weighted by Crippen LogP contribution is -2.12. The molecule has 0 fully saturated rings. The highest BCUT2D eigenvalue weighted by Gasteiger charge is 2.10. The summed E-state index contributed by atoms with van der Waals surface area (Å²) in [5, 5.41) is 2.88. The average molecular weight is 462 g/mol. The van der Waals surface area contributed by atoms with Gasteiger partial charge in [0, 0.05) is 32.5 Å². The Morgan fingerprint density at radius 1 is 1.08 bits per heavy atom. The molecule has 0 bridgehead atoms. The molecule has 25 heavy (non-hydrogen) atoms. The molecule has 0 aliphatic carbocycles. The number of carbonyl (C=O) groups excluding carboxylic acids is 1. The number of halogens is 2. The summed E-state index contributed by atoms with van der Waals surface area (Å²) < 4.78 is 7.48. The fourth-order valence-corrected chi connectivity index (χ4v) is 3.31. The van der Waals surface area contributed by atoms with E-state index in [0.29, 0.717) is 23.6 Å². The first-order valence-corrected chi connectivity index (χ1v) is 9.08. The van der Waals surface area contributed by atoms with Gasteiger partial charge in [-0.05, 0) is 58.4 Å². The van der Waals surface area contributed by atoms with Gasteiger partial charge in [0.15, 0.2) is 0 Å². The number of rotatable bonds is 5. The number of anilines is 1. The first kappa shape index (κ1) is 17.6. The number of aromatic nitrogens is 1. The van der Waals surface area contributed by atoms with Crippen LogP contribution in [0.2, 0.25) is 0 Å². The van der Waals surface area contributed by atoms with Crippen molar-refractivity contribution >= 4 is 43.5 Å². The van der Waals surface area contributed by atoms with Crippen molar-refractivity contribution in [3.63, 3.8) is 0 Å². The van der Waals surface area contributed by atoms with Crippen LogP contribution in [0.1, 0.15) is 15.9 Å². The lowest BCUT2D eigenvalue weighted by atomic mass is 10.2. The molecule has 1 N–H and O–H groups in total. The summed E-state index contributed by atoms with van der Waals surface area (Å²) in [5.74, 6) is 0.432. The van der Waals surface area contributed by atoms with Crippen LogP contribution in [-0.2, 0) is 6.61 Å². The number of benzene rings is 2. The van der Waals surface area contributed by atoms with Gasteiger partial charge in [-0.3, -0.25) is 9.78 Å². The molecule has 2 aromatic carbocycles. The molecule has 0 spiro atoms. The van der Waals surface area contributed by atoms with E-state index in [1.165, 1.54) is 0 Å². The molecule has 0 saturated carbocycles. The van der Waals surface area contributed by atoms with Crippen molar-refractivity contribution < 1.29 is 9.53 Å². The molecule has 3 aromatic rings. The first-order valence-electron chi connectivity index (χ1n) is 7.50. The maximum absolute atomic E-state index is 12.5. The molecule has 0 aliphatic rings. The van der Waals surface area contributed by atoms with E-state index in [2.05, 4.69) is 42.2 Å². The van der Waals surface area contributed by atoms with E-state index in [9.17, 15) is 4.79 Å². The van der Waals surface area contributed by atoms with Crippen molar-refractivity contribution in [2.75, 3.05) is 5.32 Å². The van der Waals surface area contributed by atoms with E-state index in [4.69, 9.17) is 4.74 Å². The molecule has 6 heteroatoms. The van der Waals surface area contributed by atoms with E-state index in [-0.39, 0.29) is 5.91 Å². The average Bonchev–Trinajstić information content (AvgIpc) is 2.63. The van der Waals surface area contributed by atoms with Gasteiger partial charge in [0.1, 0.15) is 12.4 Å². The highest BCUT2D eigenvalue weighted by Crippen LogP contribution is 2.27. The minimum Gasteiger partial charge on any atom is -0.489 e. The number of carbonyl (C=O) groups is 1. The van der Waals surface area contributed by atoms with E-state index in [0.717, 1.165) is 14.5 Å². The van der Waals surface area contributed by atoms with Gasteiger partial charge in [0.05, 0.1) is 5.69 Å². The molecular weight excluding hydrogens is 448 g/mol. The standard InChI is InChI=1S/C19H14Br2N2O2/c20-15-6-7-18(17(21)10-15)23-19(24)14-4-1-5-16(9-14)25-12-13-3-2-8-22-11-13/h1-11H,12H2,(H,23,24). The zero-order valence-corrected chi connectivity index (χ0v) is 16.2. The Bertz CT molecular complexity index is 886. The fourth-order valence-electron chi connectivity index (χ4n) is 2.16. The largest absolute Gasteiger partial charge is 0.489 e. The summed E-state index contributed by atoms with van der Waals surface area (Å²) in [6.07, 6.45) is 3.47. The first-order chi connectivity index (χ1) is 12.1. The summed E-state index contributed by atoms with van der Waals surface area (Å²) in [6, 6.07) is 16.5. The minimum absolute atomic E-state index is 0.199. The molecule has 0 saturated heterocycles. The Balaban J connectivity index is 1.69. The van der Waals surface area contributed by atoms with Crippen molar-refractivity contribution in [3.8, 4) is 5.75 Å². The third-order valence-electron chi connectivity index (χ3n) is 3.40. The minimum atomic E-state index is -0.199. The fraction of sp³-hybridized carbons (Fsp3) is 0.0526. The van der Waals surface area contributed by atoms with Gasteiger partial charge in [0.25, 0.3) is 5.91 Å². The van der Waals surface area contributed by atoms with Crippen LogP contribution in [0.15, 0.2) is 75.9 Å². The zero-order valence-electron chi connectivity index (χ0n) is 13.1. The summed E-state index contributed by atoms with van der Waals surface area (Å²) >= 11 is 6.83.